The molecule has 3 rings (SSSR count). The number of nitriles is 1. The molecule has 1 aliphatic rings. The van der Waals surface area contributed by atoms with Gasteiger partial charge >= 0.3 is 0 Å². The fourth-order valence-corrected chi connectivity index (χ4v) is 4.48. The van der Waals surface area contributed by atoms with Crippen LogP contribution in [0.1, 0.15) is 12.5 Å². The molecule has 2 aromatic carbocycles. The molecular weight excluding hydrogens is 416 g/mol. The van der Waals surface area contributed by atoms with Crippen LogP contribution in [0.25, 0.3) is 0 Å². The Morgan fingerprint density at radius 1 is 1.07 bits per heavy atom. The molecule has 158 valence electrons. The van der Waals surface area contributed by atoms with Crippen LogP contribution in [0.2, 0.25) is 0 Å². The maximum absolute atomic E-state index is 13.3. The zero-order valence-electron chi connectivity index (χ0n) is 16.1. The fraction of sp³-hybridized carbons (Fsp3) is 0.300. The smallest absolute Gasteiger partial charge is 0.263 e. The van der Waals surface area contributed by atoms with Crippen molar-refractivity contribution in [1.29, 1.82) is 5.26 Å². The molecular formula is C20H19F2N3O4S. The van der Waals surface area contributed by atoms with E-state index in [9.17, 15) is 22.0 Å². The van der Waals surface area contributed by atoms with Crippen LogP contribution < -0.4 is 4.74 Å². The van der Waals surface area contributed by atoms with Crippen molar-refractivity contribution in [1.82, 2.24) is 9.21 Å². The Kier molecular flexibility index (Phi) is 6.34. The third-order valence-electron chi connectivity index (χ3n) is 4.72. The summed E-state index contributed by atoms with van der Waals surface area (Å²) in [7, 11) is -3.74. The van der Waals surface area contributed by atoms with Gasteiger partial charge in [0.25, 0.3) is 5.91 Å². The molecule has 1 amide bonds. The van der Waals surface area contributed by atoms with Crippen molar-refractivity contribution < 1.29 is 26.7 Å². The third kappa shape index (κ3) is 4.58. The molecule has 2 aromatic rings. The summed E-state index contributed by atoms with van der Waals surface area (Å²) in [5, 5.41) is 8.83. The summed E-state index contributed by atoms with van der Waals surface area (Å²) in [5.74, 6) is -2.44. The van der Waals surface area contributed by atoms with E-state index in [2.05, 4.69) is 0 Å². The highest BCUT2D eigenvalue weighted by Gasteiger charge is 2.32. The van der Waals surface area contributed by atoms with Gasteiger partial charge < -0.3 is 9.64 Å². The van der Waals surface area contributed by atoms with Crippen LogP contribution in [-0.2, 0) is 14.8 Å². The van der Waals surface area contributed by atoms with Gasteiger partial charge in [0.15, 0.2) is 17.7 Å². The van der Waals surface area contributed by atoms with Gasteiger partial charge in [-0.2, -0.15) is 9.57 Å². The molecule has 1 atom stereocenters. The number of ether oxygens (including phenoxy) is 1. The Balaban J connectivity index is 1.60. The second kappa shape index (κ2) is 8.77. The highest BCUT2D eigenvalue weighted by molar-refractivity contribution is 7.89. The fourth-order valence-electron chi connectivity index (χ4n) is 3.06. The van der Waals surface area contributed by atoms with Crippen molar-refractivity contribution >= 4 is 15.9 Å². The first kappa shape index (κ1) is 21.7. The van der Waals surface area contributed by atoms with E-state index >= 15 is 0 Å². The topological polar surface area (TPSA) is 90.7 Å². The maximum Gasteiger partial charge on any atom is 0.263 e. The van der Waals surface area contributed by atoms with E-state index in [1.807, 2.05) is 6.07 Å². The predicted octanol–water partition coefficient (Wildman–Crippen LogP) is 2.14. The number of benzene rings is 2. The van der Waals surface area contributed by atoms with Gasteiger partial charge in [-0.25, -0.2) is 17.2 Å². The van der Waals surface area contributed by atoms with Gasteiger partial charge in [-0.15, -0.1) is 0 Å². The molecule has 1 saturated heterocycles. The summed E-state index contributed by atoms with van der Waals surface area (Å²) < 4.78 is 58.5. The molecule has 0 N–H and O–H groups in total. The summed E-state index contributed by atoms with van der Waals surface area (Å²) in [6, 6.07) is 10.6. The van der Waals surface area contributed by atoms with E-state index in [4.69, 9.17) is 10.00 Å². The first-order valence-corrected chi connectivity index (χ1v) is 10.6. The Labute approximate surface area is 173 Å². The molecule has 0 radical (unpaired) electrons. The molecule has 0 spiro atoms. The van der Waals surface area contributed by atoms with Crippen LogP contribution in [0.15, 0.2) is 47.4 Å². The summed E-state index contributed by atoms with van der Waals surface area (Å²) in [5.41, 5.74) is 0.361. The third-order valence-corrected chi connectivity index (χ3v) is 6.64. The van der Waals surface area contributed by atoms with Crippen molar-refractivity contribution in [2.45, 2.75) is 17.9 Å². The Bertz CT molecular complexity index is 1080. The van der Waals surface area contributed by atoms with Gasteiger partial charge in [0.05, 0.1) is 16.5 Å². The van der Waals surface area contributed by atoms with E-state index in [0.717, 1.165) is 12.1 Å². The zero-order valence-corrected chi connectivity index (χ0v) is 16.9. The number of sulfonamides is 1. The minimum Gasteiger partial charge on any atom is -0.481 e. The minimum atomic E-state index is -3.74. The predicted molar refractivity (Wildman–Crippen MR) is 103 cm³/mol. The van der Waals surface area contributed by atoms with Crippen LogP contribution in [-0.4, -0.2) is 55.8 Å². The second-order valence-corrected chi connectivity index (χ2v) is 8.64. The van der Waals surface area contributed by atoms with E-state index in [1.165, 1.54) is 46.5 Å². The Hall–Kier alpha value is -3.03. The van der Waals surface area contributed by atoms with Gasteiger partial charge in [0, 0.05) is 32.2 Å². The van der Waals surface area contributed by atoms with Gasteiger partial charge in [-0.3, -0.25) is 4.79 Å². The Morgan fingerprint density at radius 3 is 2.27 bits per heavy atom. The lowest BCUT2D eigenvalue weighted by Gasteiger charge is -2.35. The van der Waals surface area contributed by atoms with Crippen LogP contribution in [0.4, 0.5) is 8.78 Å². The summed E-state index contributed by atoms with van der Waals surface area (Å²) in [6.45, 7) is 2.03. The quantitative estimate of drug-likeness (QED) is 0.718. The number of piperazine rings is 1. The van der Waals surface area contributed by atoms with Crippen LogP contribution in [0.3, 0.4) is 0 Å². The molecule has 7 nitrogen and oxygen atoms in total. The highest BCUT2D eigenvalue weighted by Crippen LogP contribution is 2.20. The van der Waals surface area contributed by atoms with Crippen molar-refractivity contribution in [3.8, 4) is 11.8 Å². The number of halogens is 2. The molecule has 0 bridgehead atoms. The van der Waals surface area contributed by atoms with E-state index in [0.29, 0.717) is 5.56 Å². The average Bonchev–Trinajstić information content (AvgIpc) is 2.76. The molecule has 30 heavy (non-hydrogen) atoms. The van der Waals surface area contributed by atoms with Gasteiger partial charge in [0.2, 0.25) is 10.0 Å². The highest BCUT2D eigenvalue weighted by atomic mass is 32.2. The summed E-state index contributed by atoms with van der Waals surface area (Å²) >= 11 is 0. The van der Waals surface area contributed by atoms with Crippen LogP contribution in [0, 0.1) is 23.0 Å². The normalized spacial score (nSPS) is 16.0. The summed E-state index contributed by atoms with van der Waals surface area (Å²) in [6.07, 6.45) is -0.948. The van der Waals surface area contributed by atoms with Crippen LogP contribution >= 0.6 is 0 Å². The maximum atomic E-state index is 13.3. The summed E-state index contributed by atoms with van der Waals surface area (Å²) in [4.78, 5) is 14.1. The monoisotopic (exact) mass is 435 g/mol. The first-order chi connectivity index (χ1) is 14.2. The van der Waals surface area contributed by atoms with Gasteiger partial charge in [0.1, 0.15) is 5.75 Å². The SMILES string of the molecule is CC(Oc1ccc(F)c(F)c1)C(=O)N1CCN(S(=O)(=O)c2ccc(C#N)cc2)CC1. The standard InChI is InChI=1S/C20H19F2N3O4S/c1-14(29-16-4-7-18(21)19(22)12-16)20(26)24-8-10-25(11-9-24)30(27,28)17-5-2-15(13-23)3-6-17/h2-7,12,14H,8-11H2,1H3. The molecule has 1 fully saturated rings. The van der Waals surface area contributed by atoms with Gasteiger partial charge in [-0.05, 0) is 43.3 Å². The molecule has 10 heteroatoms. The number of rotatable bonds is 5. The molecule has 0 aliphatic carbocycles. The Morgan fingerprint density at radius 2 is 1.70 bits per heavy atom. The molecule has 1 aliphatic heterocycles. The van der Waals surface area contributed by atoms with Crippen molar-refractivity contribution in [3.05, 3.63) is 59.7 Å². The minimum absolute atomic E-state index is 0.0248. The number of nitrogens with zero attached hydrogens (tertiary/aromatic N) is 3. The van der Waals surface area contributed by atoms with Crippen molar-refractivity contribution in [2.75, 3.05) is 26.2 Å². The molecule has 1 unspecified atom stereocenters. The number of carbonyl (C=O) groups is 1. The van der Waals surface area contributed by atoms with Crippen molar-refractivity contribution in [2.24, 2.45) is 0 Å². The van der Waals surface area contributed by atoms with Crippen LogP contribution in [0.5, 0.6) is 5.75 Å². The van der Waals surface area contributed by atoms with E-state index in [-0.39, 0.29) is 42.7 Å². The lowest BCUT2D eigenvalue weighted by atomic mass is 10.2. The van der Waals surface area contributed by atoms with Gasteiger partial charge in [-0.1, -0.05) is 0 Å². The number of carbonyl (C=O) groups excluding carboxylic acids is 1. The molecule has 1 heterocycles. The molecule has 0 saturated carbocycles. The van der Waals surface area contributed by atoms with E-state index < -0.39 is 27.8 Å². The number of hydrogen-bond donors (Lipinski definition) is 0. The van der Waals surface area contributed by atoms with E-state index in [1.54, 1.807) is 0 Å². The lowest BCUT2D eigenvalue weighted by molar-refractivity contribution is -0.139. The van der Waals surface area contributed by atoms with Crippen molar-refractivity contribution in [3.63, 3.8) is 0 Å². The average molecular weight is 435 g/mol. The lowest BCUT2D eigenvalue weighted by Crippen LogP contribution is -2.53. The second-order valence-electron chi connectivity index (χ2n) is 6.70. The number of amides is 1. The largest absolute Gasteiger partial charge is 0.481 e. The first-order valence-electron chi connectivity index (χ1n) is 9.13. The number of hydrogen-bond acceptors (Lipinski definition) is 5. The molecule has 0 aromatic heterocycles. The zero-order chi connectivity index (χ0) is 21.9.